The van der Waals surface area contributed by atoms with E-state index in [-0.39, 0.29) is 17.4 Å². The van der Waals surface area contributed by atoms with Gasteiger partial charge in [-0.25, -0.2) is 4.39 Å². The monoisotopic (exact) mass is 491 g/mol. The van der Waals surface area contributed by atoms with E-state index in [0.29, 0.717) is 37.7 Å². The van der Waals surface area contributed by atoms with Gasteiger partial charge in [-0.2, -0.15) is 10.2 Å². The summed E-state index contributed by atoms with van der Waals surface area (Å²) in [6, 6.07) is 8.04. The number of alkyl halides is 1. The molecule has 2 spiro atoms. The van der Waals surface area contributed by atoms with E-state index in [1.807, 2.05) is 31.1 Å². The molecule has 0 radical (unpaired) electrons. The zero-order chi connectivity index (χ0) is 25.1. The summed E-state index contributed by atoms with van der Waals surface area (Å²) >= 11 is 0. The zero-order valence-corrected chi connectivity index (χ0v) is 21.1. The third-order valence-corrected chi connectivity index (χ3v) is 10.5. The normalized spacial score (nSPS) is 45.2. The van der Waals surface area contributed by atoms with Gasteiger partial charge >= 0.3 is 0 Å². The molecule has 3 aliphatic carbocycles. The first-order valence-corrected chi connectivity index (χ1v) is 13.2. The summed E-state index contributed by atoms with van der Waals surface area (Å²) in [6.45, 7) is 2.29. The fraction of sp³-hybridized carbons (Fsp3) is 0.586. The Hall–Kier alpha value is -2.19. The molecule has 1 saturated heterocycles. The minimum Gasteiger partial charge on any atom is -0.388 e. The molecule has 3 heterocycles. The largest absolute Gasteiger partial charge is 0.388 e. The van der Waals surface area contributed by atoms with Gasteiger partial charge in [-0.3, -0.25) is 0 Å². The highest BCUT2D eigenvalue weighted by Gasteiger charge is 2.74. The maximum Gasteiger partial charge on any atom is 0.158 e. The van der Waals surface area contributed by atoms with Crippen LogP contribution in [0.5, 0.6) is 0 Å². The molecule has 2 N–H and O–H groups in total. The van der Waals surface area contributed by atoms with Gasteiger partial charge < -0.3 is 19.8 Å². The van der Waals surface area contributed by atoms with Crippen LogP contribution in [0, 0.1) is 11.3 Å². The molecule has 8 atom stereocenters. The van der Waals surface area contributed by atoms with Crippen LogP contribution in [-0.2, 0) is 4.74 Å². The number of rotatable bonds is 2. The van der Waals surface area contributed by atoms with Gasteiger partial charge in [0, 0.05) is 17.3 Å². The maximum absolute atomic E-state index is 17.1. The second kappa shape index (κ2) is 7.22. The second-order valence-corrected chi connectivity index (χ2v) is 12.2. The molecule has 7 heteroatoms. The van der Waals surface area contributed by atoms with E-state index in [9.17, 15) is 10.2 Å². The van der Waals surface area contributed by atoms with Crippen molar-refractivity contribution < 1.29 is 19.3 Å². The summed E-state index contributed by atoms with van der Waals surface area (Å²) in [5.41, 5.74) is 0.350. The molecule has 2 bridgehead atoms. The average molecular weight is 492 g/mol. The number of likely N-dealkylation sites (N-methyl/N-ethyl adjacent to an activating group) is 1. The molecular weight excluding hydrogens is 457 g/mol. The van der Waals surface area contributed by atoms with Crippen LogP contribution >= 0.6 is 0 Å². The summed E-state index contributed by atoms with van der Waals surface area (Å²) < 4.78 is 24.2. The SMILES string of the molecule is CN(C)[C@H]1C[C@@]23CC[C@]4(O2)C2CC=C(c5ccc6nnccc6c5)[C@@]2(C)CCC4(F)C=C3[C@@H](O)[C@@H]1O. The van der Waals surface area contributed by atoms with E-state index in [1.165, 1.54) is 5.57 Å². The van der Waals surface area contributed by atoms with Crippen molar-refractivity contribution in [2.24, 2.45) is 11.3 Å². The van der Waals surface area contributed by atoms with E-state index >= 15 is 4.39 Å². The standard InChI is InChI=1S/C29H34FN3O3/c1-26-9-11-28(30)15-20-24(34)25(35)22(33(2)3)16-27(20)10-12-29(28,36-27)23(26)7-5-19(26)17-4-6-21-18(14-17)8-13-31-32-21/h4-6,8,13-15,22-25,34-35H,7,9-12,16H2,1-3H3/t22-,23?,24+,25+,26+,27+,28?,29-/m0/s1. The minimum absolute atomic E-state index is 0.00369. The number of hydrogen-bond acceptors (Lipinski definition) is 6. The number of aliphatic hydroxyl groups excluding tert-OH is 2. The van der Waals surface area contributed by atoms with Gasteiger partial charge in [0.15, 0.2) is 5.67 Å². The molecule has 7 rings (SSSR count). The lowest BCUT2D eigenvalue weighted by Crippen LogP contribution is -2.68. The van der Waals surface area contributed by atoms with Crippen molar-refractivity contribution in [1.29, 1.82) is 0 Å². The summed E-state index contributed by atoms with van der Waals surface area (Å²) in [6.07, 6.45) is 7.32. The first kappa shape index (κ1) is 23.0. The van der Waals surface area contributed by atoms with Crippen LogP contribution in [0.4, 0.5) is 4.39 Å². The van der Waals surface area contributed by atoms with Crippen LogP contribution in [0.1, 0.15) is 51.0 Å². The van der Waals surface area contributed by atoms with E-state index in [4.69, 9.17) is 4.74 Å². The van der Waals surface area contributed by atoms with E-state index < -0.39 is 29.1 Å². The number of benzene rings is 1. The molecule has 5 aliphatic rings. The van der Waals surface area contributed by atoms with Crippen LogP contribution in [0.15, 0.2) is 48.2 Å². The van der Waals surface area contributed by atoms with E-state index in [2.05, 4.69) is 35.3 Å². The maximum atomic E-state index is 17.1. The molecule has 2 aromatic rings. The lowest BCUT2D eigenvalue weighted by Gasteiger charge is -2.60. The Balaban J connectivity index is 1.30. The molecule has 6 nitrogen and oxygen atoms in total. The van der Waals surface area contributed by atoms with Gasteiger partial charge in [-0.15, -0.1) is 0 Å². The number of halogens is 1. The average Bonchev–Trinajstić information content (AvgIpc) is 3.39. The van der Waals surface area contributed by atoms with Crippen LogP contribution < -0.4 is 0 Å². The van der Waals surface area contributed by atoms with Gasteiger partial charge in [0.25, 0.3) is 0 Å². The van der Waals surface area contributed by atoms with Gasteiger partial charge in [0.1, 0.15) is 11.7 Å². The fourth-order valence-electron chi connectivity index (χ4n) is 8.59. The highest BCUT2D eigenvalue weighted by Crippen LogP contribution is 2.71. The molecule has 1 aromatic carbocycles. The number of ether oxygens (including phenoxy) is 1. The predicted octanol–water partition coefficient (Wildman–Crippen LogP) is 3.83. The first-order chi connectivity index (χ1) is 17.1. The van der Waals surface area contributed by atoms with Crippen molar-refractivity contribution in [2.45, 2.75) is 80.6 Å². The van der Waals surface area contributed by atoms with Crippen LogP contribution in [-0.4, -0.2) is 74.5 Å². The van der Waals surface area contributed by atoms with Crippen molar-refractivity contribution in [3.63, 3.8) is 0 Å². The fourth-order valence-corrected chi connectivity index (χ4v) is 8.59. The highest BCUT2D eigenvalue weighted by molar-refractivity contribution is 5.84. The smallest absolute Gasteiger partial charge is 0.158 e. The quantitative estimate of drug-likeness (QED) is 0.622. The van der Waals surface area contributed by atoms with Crippen molar-refractivity contribution in [1.82, 2.24) is 15.1 Å². The number of allylic oxidation sites excluding steroid dienone is 2. The first-order valence-electron chi connectivity index (χ1n) is 13.2. The van der Waals surface area contributed by atoms with Crippen LogP contribution in [0.25, 0.3) is 16.5 Å². The second-order valence-electron chi connectivity index (χ2n) is 12.2. The number of hydrogen-bond donors (Lipinski definition) is 2. The van der Waals surface area contributed by atoms with Crippen LogP contribution in [0.2, 0.25) is 0 Å². The molecule has 2 unspecified atom stereocenters. The molecular formula is C29H34FN3O3. The van der Waals surface area contributed by atoms with Gasteiger partial charge in [0.05, 0.1) is 23.4 Å². The van der Waals surface area contributed by atoms with Gasteiger partial charge in [0.2, 0.25) is 0 Å². The Morgan fingerprint density at radius 3 is 2.75 bits per heavy atom. The third-order valence-electron chi connectivity index (χ3n) is 10.5. The van der Waals surface area contributed by atoms with Crippen molar-refractivity contribution in [3.05, 3.63) is 53.8 Å². The van der Waals surface area contributed by atoms with E-state index in [0.717, 1.165) is 22.9 Å². The van der Waals surface area contributed by atoms with Crippen LogP contribution in [0.3, 0.4) is 0 Å². The Labute approximate surface area is 210 Å². The lowest BCUT2D eigenvalue weighted by molar-refractivity contribution is -0.239. The van der Waals surface area contributed by atoms with Crippen molar-refractivity contribution in [2.75, 3.05) is 14.1 Å². The van der Waals surface area contributed by atoms with Crippen molar-refractivity contribution in [3.8, 4) is 0 Å². The lowest BCUT2D eigenvalue weighted by atomic mass is 9.53. The number of fused-ring (bicyclic) bond motifs is 2. The summed E-state index contributed by atoms with van der Waals surface area (Å²) in [5, 5.41) is 31.2. The van der Waals surface area contributed by atoms with Gasteiger partial charge in [-0.05, 0) is 99.0 Å². The highest BCUT2D eigenvalue weighted by atomic mass is 19.1. The topological polar surface area (TPSA) is 78.7 Å². The summed E-state index contributed by atoms with van der Waals surface area (Å²) in [5.74, 6) is 0.00369. The predicted molar refractivity (Wildman–Crippen MR) is 135 cm³/mol. The molecule has 36 heavy (non-hydrogen) atoms. The number of aromatic nitrogens is 2. The van der Waals surface area contributed by atoms with Gasteiger partial charge in [-0.1, -0.05) is 19.1 Å². The Morgan fingerprint density at radius 1 is 1.11 bits per heavy atom. The Bertz CT molecular complexity index is 1330. The molecule has 2 saturated carbocycles. The number of nitrogens with zero attached hydrogens (tertiary/aromatic N) is 3. The zero-order valence-electron chi connectivity index (χ0n) is 21.1. The molecule has 1 aromatic heterocycles. The molecule has 3 fully saturated rings. The van der Waals surface area contributed by atoms with Crippen molar-refractivity contribution >= 4 is 16.5 Å². The summed E-state index contributed by atoms with van der Waals surface area (Å²) in [7, 11) is 3.83. The summed E-state index contributed by atoms with van der Waals surface area (Å²) in [4.78, 5) is 1.95. The van der Waals surface area contributed by atoms with E-state index in [1.54, 1.807) is 12.3 Å². The molecule has 190 valence electrons. The number of aliphatic hydroxyl groups is 2. The third kappa shape index (κ3) is 2.70. The minimum atomic E-state index is -1.65. The molecule has 2 aliphatic heterocycles. The molecule has 0 amide bonds. The Kier molecular flexibility index (Phi) is 4.61. The Morgan fingerprint density at radius 2 is 1.94 bits per heavy atom.